The Kier molecular flexibility index (Phi) is 4.66. The van der Waals surface area contributed by atoms with E-state index in [1.54, 1.807) is 0 Å². The molecule has 0 N–H and O–H groups in total. The maximum Gasteiger partial charge on any atom is 0.255 e. The third-order valence-corrected chi connectivity index (χ3v) is 5.11. The minimum Gasteiger partial charge on any atom is -0.360 e. The van der Waals surface area contributed by atoms with Gasteiger partial charge in [0, 0.05) is 37.6 Å². The van der Waals surface area contributed by atoms with Gasteiger partial charge < -0.3 is 9.42 Å². The number of rotatable bonds is 3. The molecule has 2 aromatic heterocycles. The average molecular weight is 364 g/mol. The molecule has 1 aliphatic heterocycles. The van der Waals surface area contributed by atoms with Crippen LogP contribution < -0.4 is 0 Å². The molecule has 0 aliphatic carbocycles. The van der Waals surface area contributed by atoms with Gasteiger partial charge in [0.05, 0.1) is 29.0 Å². The zero-order valence-corrected chi connectivity index (χ0v) is 16.0. The molecule has 0 saturated carbocycles. The number of hydrogen-bond donors (Lipinski definition) is 0. The fourth-order valence-electron chi connectivity index (χ4n) is 3.60. The predicted octanol–water partition coefficient (Wildman–Crippen LogP) is 3.11. The van der Waals surface area contributed by atoms with Gasteiger partial charge in [-0.15, -0.1) is 0 Å². The fraction of sp³-hybridized carbons (Fsp3) is 0.381. The van der Waals surface area contributed by atoms with Gasteiger partial charge in [-0.2, -0.15) is 0 Å². The Hall–Kier alpha value is -2.73. The first-order valence-corrected chi connectivity index (χ1v) is 9.31. The average Bonchev–Trinajstić information content (AvgIpc) is 3.06. The first-order chi connectivity index (χ1) is 13.0. The number of nitrogens with zero attached hydrogens (tertiary/aromatic N) is 4. The molecule has 1 aliphatic rings. The summed E-state index contributed by atoms with van der Waals surface area (Å²) in [5, 5.41) is 4.95. The van der Waals surface area contributed by atoms with E-state index in [0.717, 1.165) is 47.7 Å². The predicted molar refractivity (Wildman–Crippen MR) is 104 cm³/mol. The van der Waals surface area contributed by atoms with Crippen molar-refractivity contribution in [2.45, 2.75) is 27.3 Å². The molecule has 1 fully saturated rings. The Balaban J connectivity index is 1.46. The first kappa shape index (κ1) is 17.7. The minimum absolute atomic E-state index is 0.0681. The Morgan fingerprint density at radius 3 is 2.56 bits per heavy atom. The first-order valence-electron chi connectivity index (χ1n) is 9.31. The van der Waals surface area contributed by atoms with Crippen LogP contribution in [0.3, 0.4) is 0 Å². The standard InChI is InChI=1S/C21H24N4O2/c1-14-4-5-20-17(10-14)12-19(16(3)22-20)21(26)25-8-6-24(7-9-25)13-18-11-15(2)23-27-18/h4-5,10-12H,6-9,13H2,1-3H3. The fourth-order valence-corrected chi connectivity index (χ4v) is 3.60. The Morgan fingerprint density at radius 1 is 1.07 bits per heavy atom. The van der Waals surface area contributed by atoms with E-state index in [9.17, 15) is 4.79 Å². The number of amides is 1. The van der Waals surface area contributed by atoms with E-state index in [0.29, 0.717) is 18.7 Å². The summed E-state index contributed by atoms with van der Waals surface area (Å²) in [4.78, 5) is 21.9. The molecule has 0 spiro atoms. The van der Waals surface area contributed by atoms with Gasteiger partial charge in [0.15, 0.2) is 5.76 Å². The van der Waals surface area contributed by atoms with Crippen molar-refractivity contribution in [2.24, 2.45) is 0 Å². The van der Waals surface area contributed by atoms with Crippen LogP contribution in [0.2, 0.25) is 0 Å². The molecule has 6 nitrogen and oxygen atoms in total. The molecule has 1 saturated heterocycles. The number of pyridine rings is 1. The van der Waals surface area contributed by atoms with Crippen molar-refractivity contribution in [1.29, 1.82) is 0 Å². The van der Waals surface area contributed by atoms with Gasteiger partial charge in [0.1, 0.15) is 0 Å². The molecule has 3 aromatic rings. The summed E-state index contributed by atoms with van der Waals surface area (Å²) in [6, 6.07) is 10.1. The number of carbonyl (C=O) groups excluding carboxylic acids is 1. The molecule has 4 rings (SSSR count). The Morgan fingerprint density at radius 2 is 1.85 bits per heavy atom. The van der Waals surface area contributed by atoms with Crippen molar-refractivity contribution in [1.82, 2.24) is 19.9 Å². The zero-order chi connectivity index (χ0) is 19.0. The van der Waals surface area contributed by atoms with Crippen molar-refractivity contribution in [3.63, 3.8) is 0 Å². The van der Waals surface area contributed by atoms with Crippen LogP contribution in [0.25, 0.3) is 10.9 Å². The summed E-state index contributed by atoms with van der Waals surface area (Å²) in [6.45, 7) is 9.68. The second-order valence-corrected chi connectivity index (χ2v) is 7.32. The lowest BCUT2D eigenvalue weighted by Crippen LogP contribution is -2.48. The smallest absolute Gasteiger partial charge is 0.255 e. The van der Waals surface area contributed by atoms with Gasteiger partial charge in [-0.05, 0) is 39.0 Å². The Labute approximate surface area is 158 Å². The summed E-state index contributed by atoms with van der Waals surface area (Å²) in [5.74, 6) is 0.941. The molecule has 1 aromatic carbocycles. The summed E-state index contributed by atoms with van der Waals surface area (Å²) < 4.78 is 5.30. The topological polar surface area (TPSA) is 62.5 Å². The van der Waals surface area contributed by atoms with E-state index >= 15 is 0 Å². The Bertz CT molecular complexity index is 987. The second-order valence-electron chi connectivity index (χ2n) is 7.32. The molecular formula is C21H24N4O2. The molecule has 1 amide bonds. The lowest BCUT2D eigenvalue weighted by Gasteiger charge is -2.34. The number of piperazine rings is 1. The normalized spacial score (nSPS) is 15.4. The van der Waals surface area contributed by atoms with Crippen molar-refractivity contribution in [3.05, 3.63) is 58.6 Å². The summed E-state index contributed by atoms with van der Waals surface area (Å²) in [5.41, 5.74) is 4.49. The number of aryl methyl sites for hydroxylation is 3. The molecule has 3 heterocycles. The van der Waals surface area contributed by atoms with E-state index in [1.807, 2.05) is 43.0 Å². The minimum atomic E-state index is 0.0681. The number of aromatic nitrogens is 2. The molecular weight excluding hydrogens is 340 g/mol. The molecule has 140 valence electrons. The van der Waals surface area contributed by atoms with E-state index in [2.05, 4.69) is 28.0 Å². The van der Waals surface area contributed by atoms with Crippen LogP contribution in [0.5, 0.6) is 0 Å². The quantitative estimate of drug-likeness (QED) is 0.715. The zero-order valence-electron chi connectivity index (χ0n) is 16.0. The van der Waals surface area contributed by atoms with Crippen molar-refractivity contribution in [3.8, 4) is 0 Å². The maximum atomic E-state index is 13.1. The van der Waals surface area contributed by atoms with E-state index in [1.165, 1.54) is 5.56 Å². The third kappa shape index (κ3) is 3.71. The van der Waals surface area contributed by atoms with Crippen molar-refractivity contribution >= 4 is 16.8 Å². The maximum absolute atomic E-state index is 13.1. The van der Waals surface area contributed by atoms with Crippen molar-refractivity contribution < 1.29 is 9.32 Å². The lowest BCUT2D eigenvalue weighted by molar-refractivity contribution is 0.0616. The molecule has 27 heavy (non-hydrogen) atoms. The van der Waals surface area contributed by atoms with Crippen LogP contribution in [0.15, 0.2) is 34.9 Å². The number of fused-ring (bicyclic) bond motifs is 1. The van der Waals surface area contributed by atoms with Gasteiger partial charge in [-0.1, -0.05) is 16.8 Å². The number of carbonyl (C=O) groups is 1. The number of benzene rings is 1. The van der Waals surface area contributed by atoms with Crippen LogP contribution in [0, 0.1) is 20.8 Å². The van der Waals surface area contributed by atoms with Gasteiger partial charge in [-0.25, -0.2) is 0 Å². The molecule has 0 atom stereocenters. The number of hydrogen-bond acceptors (Lipinski definition) is 5. The van der Waals surface area contributed by atoms with E-state index in [-0.39, 0.29) is 5.91 Å². The van der Waals surface area contributed by atoms with Gasteiger partial charge in [0.2, 0.25) is 0 Å². The van der Waals surface area contributed by atoms with Crippen LogP contribution in [-0.4, -0.2) is 52.0 Å². The van der Waals surface area contributed by atoms with Crippen molar-refractivity contribution in [2.75, 3.05) is 26.2 Å². The summed E-state index contributed by atoms with van der Waals surface area (Å²) in [6.07, 6.45) is 0. The molecule has 0 unspecified atom stereocenters. The van der Waals surface area contributed by atoms with Gasteiger partial charge in [0.25, 0.3) is 5.91 Å². The molecule has 6 heteroatoms. The lowest BCUT2D eigenvalue weighted by atomic mass is 10.1. The third-order valence-electron chi connectivity index (χ3n) is 5.11. The second kappa shape index (κ2) is 7.12. The summed E-state index contributed by atoms with van der Waals surface area (Å²) in [7, 11) is 0. The van der Waals surface area contributed by atoms with Gasteiger partial charge >= 0.3 is 0 Å². The van der Waals surface area contributed by atoms with Crippen LogP contribution in [-0.2, 0) is 6.54 Å². The van der Waals surface area contributed by atoms with Crippen LogP contribution in [0.4, 0.5) is 0 Å². The van der Waals surface area contributed by atoms with E-state index < -0.39 is 0 Å². The largest absolute Gasteiger partial charge is 0.360 e. The molecule has 0 bridgehead atoms. The highest BCUT2D eigenvalue weighted by atomic mass is 16.5. The monoisotopic (exact) mass is 364 g/mol. The van der Waals surface area contributed by atoms with Gasteiger partial charge in [-0.3, -0.25) is 14.7 Å². The highest BCUT2D eigenvalue weighted by molar-refractivity contribution is 5.98. The van der Waals surface area contributed by atoms with Crippen LogP contribution >= 0.6 is 0 Å². The van der Waals surface area contributed by atoms with Crippen LogP contribution in [0.1, 0.15) is 33.1 Å². The SMILES string of the molecule is Cc1ccc2nc(C)c(C(=O)N3CCN(Cc4cc(C)no4)CC3)cc2c1. The highest BCUT2D eigenvalue weighted by Gasteiger charge is 2.24. The molecule has 0 radical (unpaired) electrons. The van der Waals surface area contributed by atoms with E-state index in [4.69, 9.17) is 4.52 Å². The summed E-state index contributed by atoms with van der Waals surface area (Å²) >= 11 is 0. The highest BCUT2D eigenvalue weighted by Crippen LogP contribution is 2.20.